The number of piperidine rings is 1. The van der Waals surface area contributed by atoms with Gasteiger partial charge >= 0.3 is 5.97 Å². The molecule has 0 saturated carbocycles. The van der Waals surface area contributed by atoms with E-state index in [4.69, 9.17) is 4.74 Å². The summed E-state index contributed by atoms with van der Waals surface area (Å²) in [6, 6.07) is -0.482. The third-order valence-corrected chi connectivity index (χ3v) is 2.64. The van der Waals surface area contributed by atoms with Gasteiger partial charge in [0.1, 0.15) is 6.04 Å². The van der Waals surface area contributed by atoms with E-state index in [9.17, 15) is 9.59 Å². The Bertz CT molecular complexity index is 215. The Morgan fingerprint density at radius 3 is 2.80 bits per heavy atom. The van der Waals surface area contributed by atoms with Gasteiger partial charge in [0.15, 0.2) is 0 Å². The highest BCUT2D eigenvalue weighted by atomic mass is 16.5. The molecule has 0 bridgehead atoms. The number of carbonyl (C=O) groups is 2. The van der Waals surface area contributed by atoms with Crippen molar-refractivity contribution in [2.75, 3.05) is 19.7 Å². The highest BCUT2D eigenvalue weighted by Crippen LogP contribution is 2.17. The van der Waals surface area contributed by atoms with Crippen LogP contribution in [0.3, 0.4) is 0 Å². The molecule has 5 heteroatoms. The minimum atomic E-state index is -0.482. The van der Waals surface area contributed by atoms with Crippen LogP contribution in [-0.4, -0.2) is 38.1 Å². The second-order valence-corrected chi connectivity index (χ2v) is 3.60. The van der Waals surface area contributed by atoms with Crippen LogP contribution in [0.15, 0.2) is 0 Å². The van der Waals surface area contributed by atoms with Crippen LogP contribution in [0.2, 0.25) is 0 Å². The Balaban J connectivity index is 2.54. The Hall–Kier alpha value is -1.10. The van der Waals surface area contributed by atoms with E-state index in [2.05, 4.69) is 10.6 Å². The molecule has 1 atom stereocenters. The minimum absolute atomic E-state index is 0.190. The van der Waals surface area contributed by atoms with E-state index in [1.807, 2.05) is 0 Å². The quantitative estimate of drug-likeness (QED) is 0.485. The Morgan fingerprint density at radius 2 is 2.27 bits per heavy atom. The maximum Gasteiger partial charge on any atom is 0.328 e. The molecule has 0 radical (unpaired) electrons. The highest BCUT2D eigenvalue weighted by Gasteiger charge is 2.29. The minimum Gasteiger partial charge on any atom is -0.464 e. The number of rotatable bonds is 5. The Morgan fingerprint density at radius 1 is 1.60 bits per heavy atom. The molecule has 1 heterocycles. The van der Waals surface area contributed by atoms with Gasteiger partial charge in [0.2, 0.25) is 6.41 Å². The second kappa shape index (κ2) is 6.40. The first-order valence-corrected chi connectivity index (χ1v) is 5.36. The van der Waals surface area contributed by atoms with Crippen LogP contribution in [-0.2, 0) is 14.3 Å². The number of hydrogen-bond acceptors (Lipinski definition) is 4. The van der Waals surface area contributed by atoms with Gasteiger partial charge in [-0.3, -0.25) is 4.79 Å². The molecule has 1 fully saturated rings. The summed E-state index contributed by atoms with van der Waals surface area (Å²) in [5.41, 5.74) is 0. The molecule has 0 aromatic rings. The summed E-state index contributed by atoms with van der Waals surface area (Å²) in [6.07, 6.45) is 2.36. The molecule has 0 aromatic heterocycles. The number of amides is 1. The molecule has 5 nitrogen and oxygen atoms in total. The normalized spacial score (nSPS) is 19.3. The molecule has 1 aliphatic rings. The average molecular weight is 214 g/mol. The molecule has 1 amide bonds. The van der Waals surface area contributed by atoms with Crippen molar-refractivity contribution in [2.45, 2.75) is 25.8 Å². The highest BCUT2D eigenvalue weighted by molar-refractivity contribution is 5.78. The molecule has 0 aromatic carbocycles. The van der Waals surface area contributed by atoms with Gasteiger partial charge in [0.25, 0.3) is 0 Å². The molecule has 1 aliphatic heterocycles. The number of hydrogen-bond donors (Lipinski definition) is 2. The van der Waals surface area contributed by atoms with E-state index in [0.29, 0.717) is 13.0 Å². The SMILES string of the molecule is CCOC(=O)C(NC=O)C1CCNCC1. The zero-order chi connectivity index (χ0) is 11.1. The van der Waals surface area contributed by atoms with Gasteiger partial charge in [0.05, 0.1) is 6.61 Å². The van der Waals surface area contributed by atoms with Gasteiger partial charge in [-0.2, -0.15) is 0 Å². The third kappa shape index (κ3) is 3.51. The third-order valence-electron chi connectivity index (χ3n) is 2.64. The van der Waals surface area contributed by atoms with E-state index < -0.39 is 6.04 Å². The van der Waals surface area contributed by atoms with Crippen molar-refractivity contribution < 1.29 is 14.3 Å². The molecular formula is C10H18N2O3. The molecule has 2 N–H and O–H groups in total. The van der Waals surface area contributed by atoms with Crippen LogP contribution in [0, 0.1) is 5.92 Å². The lowest BCUT2D eigenvalue weighted by Gasteiger charge is -2.28. The van der Waals surface area contributed by atoms with Crippen LogP contribution in [0.4, 0.5) is 0 Å². The predicted molar refractivity (Wildman–Crippen MR) is 55.2 cm³/mol. The summed E-state index contributed by atoms with van der Waals surface area (Å²) in [7, 11) is 0. The van der Waals surface area contributed by atoms with Crippen LogP contribution >= 0.6 is 0 Å². The fraction of sp³-hybridized carbons (Fsp3) is 0.800. The number of carbonyl (C=O) groups excluding carboxylic acids is 2. The molecule has 0 spiro atoms. The monoisotopic (exact) mass is 214 g/mol. The van der Waals surface area contributed by atoms with Crippen molar-refractivity contribution in [3.63, 3.8) is 0 Å². The largest absolute Gasteiger partial charge is 0.464 e. The maximum absolute atomic E-state index is 11.6. The molecule has 0 aliphatic carbocycles. The lowest BCUT2D eigenvalue weighted by atomic mass is 9.90. The standard InChI is InChI=1S/C10H18N2O3/c1-2-15-10(14)9(12-7-13)8-3-5-11-6-4-8/h7-9,11H,2-6H2,1H3,(H,12,13). The number of ether oxygens (including phenoxy) is 1. The van der Waals surface area contributed by atoms with Crippen LogP contribution in [0.5, 0.6) is 0 Å². The molecule has 1 rings (SSSR count). The van der Waals surface area contributed by atoms with Crippen molar-refractivity contribution in [3.05, 3.63) is 0 Å². The maximum atomic E-state index is 11.6. The van der Waals surface area contributed by atoms with E-state index in [0.717, 1.165) is 25.9 Å². The van der Waals surface area contributed by atoms with E-state index in [-0.39, 0.29) is 11.9 Å². The van der Waals surface area contributed by atoms with E-state index >= 15 is 0 Å². The van der Waals surface area contributed by atoms with Gasteiger partial charge < -0.3 is 15.4 Å². The van der Waals surface area contributed by atoms with E-state index in [1.54, 1.807) is 6.92 Å². The van der Waals surface area contributed by atoms with E-state index in [1.165, 1.54) is 0 Å². The summed E-state index contributed by atoms with van der Waals surface area (Å²) < 4.78 is 4.93. The molecule has 86 valence electrons. The van der Waals surface area contributed by atoms with Crippen molar-refractivity contribution in [1.29, 1.82) is 0 Å². The van der Waals surface area contributed by atoms with Gasteiger partial charge in [-0.05, 0) is 38.8 Å². The Kier molecular flexibility index (Phi) is 5.10. The molecule has 1 unspecified atom stereocenters. The lowest BCUT2D eigenvalue weighted by molar-refractivity contribution is -0.148. The first-order valence-electron chi connectivity index (χ1n) is 5.36. The number of esters is 1. The summed E-state index contributed by atoms with van der Waals surface area (Å²) >= 11 is 0. The van der Waals surface area contributed by atoms with Crippen molar-refractivity contribution >= 4 is 12.4 Å². The smallest absolute Gasteiger partial charge is 0.328 e. The predicted octanol–water partition coefficient (Wildman–Crippen LogP) is -0.336. The van der Waals surface area contributed by atoms with Gasteiger partial charge in [-0.1, -0.05) is 0 Å². The van der Waals surface area contributed by atoms with Crippen molar-refractivity contribution in [3.8, 4) is 0 Å². The molecule has 15 heavy (non-hydrogen) atoms. The Labute approximate surface area is 89.6 Å². The second-order valence-electron chi connectivity index (χ2n) is 3.60. The van der Waals surface area contributed by atoms with Gasteiger partial charge in [0, 0.05) is 0 Å². The molecular weight excluding hydrogens is 196 g/mol. The average Bonchev–Trinajstić information content (AvgIpc) is 2.27. The fourth-order valence-electron chi connectivity index (χ4n) is 1.88. The lowest BCUT2D eigenvalue weighted by Crippen LogP contribution is -2.47. The van der Waals surface area contributed by atoms with Crippen LogP contribution in [0.25, 0.3) is 0 Å². The number of nitrogens with one attached hydrogen (secondary N) is 2. The van der Waals surface area contributed by atoms with Crippen LogP contribution < -0.4 is 10.6 Å². The van der Waals surface area contributed by atoms with Crippen LogP contribution in [0.1, 0.15) is 19.8 Å². The van der Waals surface area contributed by atoms with Gasteiger partial charge in [-0.15, -0.1) is 0 Å². The van der Waals surface area contributed by atoms with Gasteiger partial charge in [-0.25, -0.2) is 4.79 Å². The summed E-state index contributed by atoms with van der Waals surface area (Å²) in [5, 5.41) is 5.77. The first kappa shape index (κ1) is 12.0. The summed E-state index contributed by atoms with van der Waals surface area (Å²) in [4.78, 5) is 22.0. The summed E-state index contributed by atoms with van der Waals surface area (Å²) in [6.45, 7) is 3.89. The topological polar surface area (TPSA) is 67.4 Å². The zero-order valence-electron chi connectivity index (χ0n) is 8.99. The fourth-order valence-corrected chi connectivity index (χ4v) is 1.88. The molecule has 1 saturated heterocycles. The van der Waals surface area contributed by atoms with Crippen molar-refractivity contribution in [2.24, 2.45) is 5.92 Å². The first-order chi connectivity index (χ1) is 7.29. The zero-order valence-corrected chi connectivity index (χ0v) is 8.99. The summed E-state index contributed by atoms with van der Waals surface area (Å²) in [5.74, 6) is -0.132. The van der Waals surface area contributed by atoms with Crippen molar-refractivity contribution in [1.82, 2.24) is 10.6 Å².